The highest BCUT2D eigenvalue weighted by atomic mass is 35.5. The molecule has 22 heavy (non-hydrogen) atoms. The first-order chi connectivity index (χ1) is 9.75. The Morgan fingerprint density at radius 2 is 1.77 bits per heavy atom. The molecule has 1 fully saturated rings. The summed E-state index contributed by atoms with van der Waals surface area (Å²) in [5, 5.41) is 2.97. The Morgan fingerprint density at radius 3 is 2.41 bits per heavy atom. The molecule has 0 aliphatic carbocycles. The summed E-state index contributed by atoms with van der Waals surface area (Å²) in [4.78, 5) is 14.3. The Hall–Kier alpha value is -0.810. The van der Waals surface area contributed by atoms with Gasteiger partial charge in [0.15, 0.2) is 0 Å². The summed E-state index contributed by atoms with van der Waals surface area (Å²) in [6, 6.07) is 9.56. The van der Waals surface area contributed by atoms with Crippen LogP contribution in [0.2, 0.25) is 0 Å². The lowest BCUT2D eigenvalue weighted by molar-refractivity contribution is -0.121. The molecule has 0 saturated carbocycles. The van der Waals surface area contributed by atoms with Crippen LogP contribution in [0, 0.1) is 0 Å². The highest BCUT2D eigenvalue weighted by molar-refractivity contribution is 5.85. The summed E-state index contributed by atoms with van der Waals surface area (Å²) in [6.07, 6.45) is 4.26. The van der Waals surface area contributed by atoms with Gasteiger partial charge in [0.25, 0.3) is 0 Å². The fourth-order valence-electron chi connectivity index (χ4n) is 2.63. The molecular formula is C16H27Cl2N3O. The fraction of sp³-hybridized carbons (Fsp3) is 0.562. The molecule has 1 atom stereocenters. The number of hydrogen-bond acceptors (Lipinski definition) is 3. The van der Waals surface area contributed by atoms with Crippen LogP contribution in [0.25, 0.3) is 0 Å². The highest BCUT2D eigenvalue weighted by Gasteiger charge is 2.12. The third kappa shape index (κ3) is 7.45. The Kier molecular flexibility index (Phi) is 11.3. The van der Waals surface area contributed by atoms with E-state index in [4.69, 9.17) is 5.73 Å². The summed E-state index contributed by atoms with van der Waals surface area (Å²) in [5.41, 5.74) is 7.05. The molecule has 1 amide bonds. The first kappa shape index (κ1) is 21.2. The zero-order valence-corrected chi connectivity index (χ0v) is 14.5. The molecule has 1 aliphatic rings. The Balaban J connectivity index is 0.00000220. The first-order valence-corrected chi connectivity index (χ1v) is 7.55. The largest absolute Gasteiger partial charge is 0.355 e. The zero-order chi connectivity index (χ0) is 14.2. The second-order valence-electron chi connectivity index (χ2n) is 5.47. The molecule has 1 aromatic rings. The number of nitrogens with zero attached hydrogens (tertiary/aromatic N) is 1. The van der Waals surface area contributed by atoms with E-state index in [9.17, 15) is 4.79 Å². The van der Waals surface area contributed by atoms with Crippen molar-refractivity contribution in [2.45, 2.75) is 31.7 Å². The minimum absolute atomic E-state index is 0. The van der Waals surface area contributed by atoms with Crippen molar-refractivity contribution < 1.29 is 4.79 Å². The number of carbonyl (C=O) groups excluding carboxylic acids is 1. The second-order valence-corrected chi connectivity index (χ2v) is 5.47. The van der Waals surface area contributed by atoms with Gasteiger partial charge >= 0.3 is 0 Å². The minimum atomic E-state index is -0.216. The number of nitrogens with one attached hydrogen (secondary N) is 1. The average molecular weight is 348 g/mol. The minimum Gasteiger partial charge on any atom is -0.355 e. The lowest BCUT2D eigenvalue weighted by atomic mass is 10.0. The zero-order valence-electron chi connectivity index (χ0n) is 12.9. The van der Waals surface area contributed by atoms with Gasteiger partial charge in [-0.05, 0) is 31.5 Å². The van der Waals surface area contributed by atoms with Crippen LogP contribution in [-0.2, 0) is 4.79 Å². The summed E-state index contributed by atoms with van der Waals surface area (Å²) in [5.74, 6) is 0.0402. The number of amides is 1. The van der Waals surface area contributed by atoms with Crippen molar-refractivity contribution >= 4 is 30.7 Å². The topological polar surface area (TPSA) is 58.4 Å². The molecule has 0 radical (unpaired) electrons. The maximum atomic E-state index is 11.9. The van der Waals surface area contributed by atoms with Gasteiger partial charge in [-0.1, -0.05) is 36.8 Å². The number of likely N-dealkylation sites (tertiary alicyclic amines) is 1. The SMILES string of the molecule is Cl.Cl.NC(CC(=O)NCCN1CCCCC1)c1ccccc1. The van der Waals surface area contributed by atoms with Gasteiger partial charge in [-0.3, -0.25) is 4.79 Å². The van der Waals surface area contributed by atoms with Crippen molar-refractivity contribution in [3.8, 4) is 0 Å². The van der Waals surface area contributed by atoms with Crippen LogP contribution in [0.3, 0.4) is 0 Å². The van der Waals surface area contributed by atoms with Crippen LogP contribution < -0.4 is 11.1 Å². The molecule has 0 bridgehead atoms. The molecule has 2 rings (SSSR count). The van der Waals surface area contributed by atoms with Crippen molar-refractivity contribution in [3.63, 3.8) is 0 Å². The number of hydrogen-bond donors (Lipinski definition) is 2. The number of nitrogens with two attached hydrogens (primary N) is 1. The first-order valence-electron chi connectivity index (χ1n) is 7.55. The van der Waals surface area contributed by atoms with E-state index in [1.807, 2.05) is 30.3 Å². The molecule has 6 heteroatoms. The predicted octanol–water partition coefficient (Wildman–Crippen LogP) is 2.52. The Bertz CT molecular complexity index is 411. The molecule has 3 N–H and O–H groups in total. The van der Waals surface area contributed by atoms with Gasteiger partial charge in [-0.15, -0.1) is 24.8 Å². The monoisotopic (exact) mass is 347 g/mol. The predicted molar refractivity (Wildman–Crippen MR) is 95.8 cm³/mol. The van der Waals surface area contributed by atoms with E-state index in [0.717, 1.165) is 18.7 Å². The van der Waals surface area contributed by atoms with Crippen LogP contribution in [0.5, 0.6) is 0 Å². The summed E-state index contributed by atoms with van der Waals surface area (Å²) >= 11 is 0. The number of rotatable bonds is 6. The van der Waals surface area contributed by atoms with Crippen LogP contribution in [0.1, 0.15) is 37.3 Å². The Labute approximate surface area is 145 Å². The molecule has 0 aromatic heterocycles. The third-order valence-electron chi connectivity index (χ3n) is 3.83. The van der Waals surface area contributed by atoms with Gasteiger partial charge in [0.05, 0.1) is 0 Å². The van der Waals surface area contributed by atoms with Gasteiger partial charge in [-0.2, -0.15) is 0 Å². The van der Waals surface area contributed by atoms with Gasteiger partial charge in [0.1, 0.15) is 0 Å². The molecular weight excluding hydrogens is 321 g/mol. The summed E-state index contributed by atoms with van der Waals surface area (Å²) in [6.45, 7) is 4.01. The molecule has 1 unspecified atom stereocenters. The number of piperidine rings is 1. The van der Waals surface area contributed by atoms with Crippen molar-refractivity contribution in [2.75, 3.05) is 26.2 Å². The molecule has 1 heterocycles. The van der Waals surface area contributed by atoms with Crippen LogP contribution in [0.15, 0.2) is 30.3 Å². The number of halogens is 2. The molecule has 126 valence electrons. The van der Waals surface area contributed by atoms with Gasteiger partial charge in [-0.25, -0.2) is 0 Å². The van der Waals surface area contributed by atoms with E-state index in [2.05, 4.69) is 10.2 Å². The normalized spacial score (nSPS) is 16.0. The molecule has 1 saturated heterocycles. The molecule has 4 nitrogen and oxygen atoms in total. The van der Waals surface area contributed by atoms with Crippen LogP contribution in [0.4, 0.5) is 0 Å². The smallest absolute Gasteiger partial charge is 0.221 e. The van der Waals surface area contributed by atoms with E-state index in [0.29, 0.717) is 6.42 Å². The number of carbonyl (C=O) groups is 1. The van der Waals surface area contributed by atoms with Crippen LogP contribution in [-0.4, -0.2) is 37.0 Å². The molecule has 1 aromatic carbocycles. The van der Waals surface area contributed by atoms with Crippen molar-refractivity contribution in [2.24, 2.45) is 5.73 Å². The van der Waals surface area contributed by atoms with Crippen LogP contribution >= 0.6 is 24.8 Å². The van der Waals surface area contributed by atoms with E-state index in [1.54, 1.807) is 0 Å². The van der Waals surface area contributed by atoms with Crippen molar-refractivity contribution in [1.82, 2.24) is 10.2 Å². The molecule has 0 spiro atoms. The van der Waals surface area contributed by atoms with E-state index in [-0.39, 0.29) is 36.8 Å². The quantitative estimate of drug-likeness (QED) is 0.831. The van der Waals surface area contributed by atoms with E-state index in [1.165, 1.54) is 32.4 Å². The Morgan fingerprint density at radius 1 is 1.14 bits per heavy atom. The standard InChI is InChI=1S/C16H25N3O.2ClH/c17-15(14-7-3-1-4-8-14)13-16(20)18-9-12-19-10-5-2-6-11-19;;/h1,3-4,7-8,15H,2,5-6,9-13,17H2,(H,18,20);2*1H. The summed E-state index contributed by atoms with van der Waals surface area (Å²) < 4.78 is 0. The molecule has 1 aliphatic heterocycles. The van der Waals surface area contributed by atoms with Crippen molar-refractivity contribution in [1.29, 1.82) is 0 Å². The highest BCUT2D eigenvalue weighted by Crippen LogP contribution is 2.12. The van der Waals surface area contributed by atoms with E-state index >= 15 is 0 Å². The lowest BCUT2D eigenvalue weighted by Crippen LogP contribution is -2.38. The fourth-order valence-corrected chi connectivity index (χ4v) is 2.63. The average Bonchev–Trinajstić information content (AvgIpc) is 2.49. The summed E-state index contributed by atoms with van der Waals surface area (Å²) in [7, 11) is 0. The van der Waals surface area contributed by atoms with Gasteiger partial charge in [0.2, 0.25) is 5.91 Å². The van der Waals surface area contributed by atoms with Crippen molar-refractivity contribution in [3.05, 3.63) is 35.9 Å². The van der Waals surface area contributed by atoms with E-state index < -0.39 is 0 Å². The maximum absolute atomic E-state index is 11.9. The number of benzene rings is 1. The van der Waals surface area contributed by atoms with Gasteiger partial charge in [0, 0.05) is 25.6 Å². The lowest BCUT2D eigenvalue weighted by Gasteiger charge is -2.26. The maximum Gasteiger partial charge on any atom is 0.221 e. The van der Waals surface area contributed by atoms with Gasteiger partial charge < -0.3 is 16.0 Å². The third-order valence-corrected chi connectivity index (χ3v) is 3.83. The second kappa shape index (κ2) is 11.7.